The molecular weight excluding hydrogens is 692 g/mol. The van der Waals surface area contributed by atoms with Gasteiger partial charge in [0.25, 0.3) is 0 Å². The number of carboxylic acid groups (broad SMARTS) is 2. The topological polar surface area (TPSA) is 281 Å². The van der Waals surface area contributed by atoms with Gasteiger partial charge < -0.3 is 45.9 Å². The highest BCUT2D eigenvalue weighted by Gasteiger charge is 2.17. The van der Waals surface area contributed by atoms with Gasteiger partial charge in [0.05, 0.1) is 39.1 Å². The number of nitrogen functional groups attached to an aromatic ring is 2. The van der Waals surface area contributed by atoms with Crippen LogP contribution in [-0.4, -0.2) is 95.2 Å². The number of imidazole rings is 2. The molecular formula is C34H38N10O9. The molecule has 6 aromatic rings. The Labute approximate surface area is 300 Å². The number of hydrogen-bond donors (Lipinski definition) is 6. The summed E-state index contributed by atoms with van der Waals surface area (Å²) in [6.07, 6.45) is 0.306. The SMILES string of the molecule is COCCOc1nc(N)c2[nH]c(=O)n(Cc3cccc(CC(=O)O)c3)c2n1.COCCc1nc(N)c2[nH]c(=O)n(Cc3cccc(CC(=O)O)c3)c2n1. The molecule has 19 nitrogen and oxygen atoms in total. The third kappa shape index (κ3) is 9.60. The number of nitrogens with two attached hydrogens (primary N) is 2. The summed E-state index contributed by atoms with van der Waals surface area (Å²) in [6.45, 7) is 1.48. The predicted molar refractivity (Wildman–Crippen MR) is 192 cm³/mol. The summed E-state index contributed by atoms with van der Waals surface area (Å²) < 4.78 is 18.2. The molecule has 0 saturated heterocycles. The van der Waals surface area contributed by atoms with Crippen molar-refractivity contribution in [3.05, 3.63) is 97.6 Å². The van der Waals surface area contributed by atoms with Crippen molar-refractivity contribution in [2.45, 2.75) is 32.4 Å². The Bertz CT molecular complexity index is 2360. The Morgan fingerprint density at radius 3 is 1.70 bits per heavy atom. The molecule has 0 aliphatic heterocycles. The van der Waals surface area contributed by atoms with Gasteiger partial charge in [-0.25, -0.2) is 19.6 Å². The maximum atomic E-state index is 12.4. The number of aromatic amines is 2. The average Bonchev–Trinajstić information content (AvgIpc) is 3.59. The fraction of sp³-hybridized carbons (Fsp3) is 0.294. The zero-order valence-electron chi connectivity index (χ0n) is 28.9. The van der Waals surface area contributed by atoms with Crippen molar-refractivity contribution >= 4 is 45.9 Å². The summed E-state index contributed by atoms with van der Waals surface area (Å²) in [5.74, 6) is -1.03. The summed E-state index contributed by atoms with van der Waals surface area (Å²) in [6, 6.07) is 14.1. The van der Waals surface area contributed by atoms with Crippen LogP contribution in [0.25, 0.3) is 22.3 Å². The quantitative estimate of drug-likeness (QED) is 0.0803. The molecule has 19 heteroatoms. The summed E-state index contributed by atoms with van der Waals surface area (Å²) in [5.41, 5.74) is 15.4. The number of methoxy groups -OCH3 is 2. The third-order valence-electron chi connectivity index (χ3n) is 7.75. The van der Waals surface area contributed by atoms with Crippen molar-refractivity contribution in [2.24, 2.45) is 0 Å². The van der Waals surface area contributed by atoms with Crippen LogP contribution in [0.4, 0.5) is 11.6 Å². The van der Waals surface area contributed by atoms with Gasteiger partial charge in [0, 0.05) is 20.6 Å². The number of benzene rings is 2. The van der Waals surface area contributed by atoms with Gasteiger partial charge in [-0.05, 0) is 22.3 Å². The van der Waals surface area contributed by atoms with E-state index in [1.165, 1.54) is 9.13 Å². The number of carboxylic acids is 2. The number of anilines is 2. The van der Waals surface area contributed by atoms with Crippen LogP contribution in [0, 0.1) is 0 Å². The smallest absolute Gasteiger partial charge is 0.328 e. The molecule has 0 radical (unpaired) electrons. The molecule has 0 saturated carbocycles. The predicted octanol–water partition coefficient (Wildman–Crippen LogP) is 0.969. The van der Waals surface area contributed by atoms with Crippen LogP contribution in [0.1, 0.15) is 28.1 Å². The average molecular weight is 731 g/mol. The van der Waals surface area contributed by atoms with Crippen molar-refractivity contribution in [2.75, 3.05) is 45.5 Å². The van der Waals surface area contributed by atoms with E-state index in [0.29, 0.717) is 58.9 Å². The van der Waals surface area contributed by atoms with Crippen molar-refractivity contribution in [1.29, 1.82) is 0 Å². The molecule has 278 valence electrons. The van der Waals surface area contributed by atoms with Crippen LogP contribution in [0.2, 0.25) is 0 Å². The lowest BCUT2D eigenvalue weighted by Crippen LogP contribution is -2.18. The highest BCUT2D eigenvalue weighted by Crippen LogP contribution is 2.19. The third-order valence-corrected chi connectivity index (χ3v) is 7.75. The van der Waals surface area contributed by atoms with Crippen LogP contribution in [-0.2, 0) is 51.4 Å². The van der Waals surface area contributed by atoms with E-state index in [0.717, 1.165) is 11.1 Å². The van der Waals surface area contributed by atoms with Gasteiger partial charge in [-0.1, -0.05) is 48.5 Å². The molecule has 53 heavy (non-hydrogen) atoms. The molecule has 0 unspecified atom stereocenters. The summed E-state index contributed by atoms with van der Waals surface area (Å²) in [4.78, 5) is 68.7. The Balaban J connectivity index is 0.000000204. The molecule has 0 aliphatic carbocycles. The van der Waals surface area contributed by atoms with Gasteiger partial charge in [0.1, 0.15) is 23.5 Å². The Morgan fingerprint density at radius 1 is 0.698 bits per heavy atom. The number of nitrogens with one attached hydrogen (secondary N) is 2. The van der Waals surface area contributed by atoms with Crippen LogP contribution in [0.5, 0.6) is 6.01 Å². The van der Waals surface area contributed by atoms with Gasteiger partial charge in [-0.2, -0.15) is 9.97 Å². The molecule has 4 aromatic heterocycles. The van der Waals surface area contributed by atoms with E-state index in [4.69, 9.17) is 35.9 Å². The minimum absolute atomic E-state index is 0.0458. The van der Waals surface area contributed by atoms with Gasteiger partial charge in [-0.3, -0.25) is 18.7 Å². The lowest BCUT2D eigenvalue weighted by Gasteiger charge is -2.07. The lowest BCUT2D eigenvalue weighted by molar-refractivity contribution is -0.137. The van der Waals surface area contributed by atoms with Crippen molar-refractivity contribution in [3.63, 3.8) is 0 Å². The van der Waals surface area contributed by atoms with E-state index in [9.17, 15) is 19.2 Å². The maximum Gasteiger partial charge on any atom is 0.328 e. The lowest BCUT2D eigenvalue weighted by atomic mass is 10.1. The van der Waals surface area contributed by atoms with E-state index in [1.807, 2.05) is 6.07 Å². The second kappa shape index (κ2) is 17.1. The number of nitrogens with zero attached hydrogens (tertiary/aromatic N) is 6. The Hall–Kier alpha value is -6.60. The summed E-state index contributed by atoms with van der Waals surface area (Å²) in [7, 11) is 3.13. The zero-order chi connectivity index (χ0) is 38.1. The number of ether oxygens (including phenoxy) is 3. The molecule has 0 atom stereocenters. The molecule has 6 rings (SSSR count). The van der Waals surface area contributed by atoms with Crippen LogP contribution in [0.3, 0.4) is 0 Å². The first-order valence-electron chi connectivity index (χ1n) is 16.2. The molecule has 0 spiro atoms. The number of hydrogen-bond acceptors (Lipinski definition) is 13. The molecule has 8 N–H and O–H groups in total. The number of aliphatic carboxylic acids is 2. The fourth-order valence-electron chi connectivity index (χ4n) is 5.40. The molecule has 0 aliphatic rings. The van der Waals surface area contributed by atoms with Crippen molar-refractivity contribution in [1.82, 2.24) is 39.0 Å². The van der Waals surface area contributed by atoms with E-state index >= 15 is 0 Å². The second-order valence-corrected chi connectivity index (χ2v) is 11.7. The van der Waals surface area contributed by atoms with Gasteiger partial charge in [0.2, 0.25) is 0 Å². The minimum Gasteiger partial charge on any atom is -0.481 e. The second-order valence-electron chi connectivity index (χ2n) is 11.7. The molecule has 0 fully saturated rings. The van der Waals surface area contributed by atoms with E-state index in [1.54, 1.807) is 56.7 Å². The number of fused-ring (bicyclic) bond motifs is 2. The first-order chi connectivity index (χ1) is 25.4. The van der Waals surface area contributed by atoms with Crippen LogP contribution >= 0.6 is 0 Å². The number of carbonyl (C=O) groups is 2. The molecule has 4 heterocycles. The number of H-pyrrole nitrogens is 2. The molecule has 0 amide bonds. The van der Waals surface area contributed by atoms with Crippen molar-refractivity contribution in [3.8, 4) is 6.01 Å². The van der Waals surface area contributed by atoms with Gasteiger partial charge in [-0.15, -0.1) is 0 Å². The van der Waals surface area contributed by atoms with Gasteiger partial charge >= 0.3 is 29.3 Å². The Morgan fingerprint density at radius 2 is 1.19 bits per heavy atom. The highest BCUT2D eigenvalue weighted by atomic mass is 16.5. The first kappa shape index (κ1) is 37.7. The molecule has 2 aromatic carbocycles. The van der Waals surface area contributed by atoms with Crippen LogP contribution < -0.4 is 27.6 Å². The largest absolute Gasteiger partial charge is 0.481 e. The first-order valence-corrected chi connectivity index (χ1v) is 16.2. The van der Waals surface area contributed by atoms with Crippen LogP contribution in [0.15, 0.2) is 58.1 Å². The Kier molecular flexibility index (Phi) is 12.1. The zero-order valence-corrected chi connectivity index (χ0v) is 28.9. The monoisotopic (exact) mass is 730 g/mol. The maximum absolute atomic E-state index is 12.4. The summed E-state index contributed by atoms with van der Waals surface area (Å²) in [5, 5.41) is 17.9. The standard InChI is InChI=1S/C17H19N5O5.C17H19N5O4/c1-26-5-6-27-16-20-14(18)13-15(21-16)22(17(25)19-13)9-11-4-2-3-10(7-11)8-12(23)24;1-26-6-5-12-19-15(18)14-16(20-12)22(17(25)21-14)9-11-4-2-3-10(7-11)8-13(23)24/h2-4,7H,5-6,8-9H2,1H3,(H,19,25)(H,23,24)(H2,18,20,21);2-4,7H,5-6,8-9H2,1H3,(H,21,25)(H,23,24)(H2,18,19,20). The van der Waals surface area contributed by atoms with Crippen molar-refractivity contribution < 1.29 is 34.0 Å². The minimum atomic E-state index is -0.922. The molecule has 0 bridgehead atoms. The van der Waals surface area contributed by atoms with E-state index in [2.05, 4.69) is 29.9 Å². The van der Waals surface area contributed by atoms with E-state index < -0.39 is 17.6 Å². The fourth-order valence-corrected chi connectivity index (χ4v) is 5.40. The number of aromatic nitrogens is 8. The highest BCUT2D eigenvalue weighted by molar-refractivity contribution is 5.82. The normalized spacial score (nSPS) is 11.1. The van der Waals surface area contributed by atoms with Gasteiger partial charge in [0.15, 0.2) is 22.9 Å². The van der Waals surface area contributed by atoms with E-state index in [-0.39, 0.29) is 55.9 Å². The summed E-state index contributed by atoms with van der Waals surface area (Å²) >= 11 is 0. The number of rotatable bonds is 15.